The monoisotopic (exact) mass is 425 g/mol. The fourth-order valence-electron chi connectivity index (χ4n) is 3.24. The van der Waals surface area contributed by atoms with E-state index in [9.17, 15) is 18.4 Å². The lowest BCUT2D eigenvalue weighted by Crippen LogP contribution is -2.37. The largest absolute Gasteiger partial charge is 0.322 e. The van der Waals surface area contributed by atoms with Gasteiger partial charge in [-0.15, -0.1) is 0 Å². The van der Waals surface area contributed by atoms with Crippen LogP contribution in [0.1, 0.15) is 34.6 Å². The second-order valence-corrected chi connectivity index (χ2v) is 8.02. The molecule has 0 atom stereocenters. The maximum Gasteiger partial charge on any atom is 0.261 e. The van der Waals surface area contributed by atoms with Crippen LogP contribution in [0.5, 0.6) is 0 Å². The summed E-state index contributed by atoms with van der Waals surface area (Å²) in [7, 11) is 0. The zero-order valence-electron chi connectivity index (χ0n) is 16.1. The molecule has 0 spiro atoms. The molecule has 5 nitrogen and oxygen atoms in total. The minimum Gasteiger partial charge on any atom is -0.322 e. The Balaban J connectivity index is 1.71. The van der Waals surface area contributed by atoms with Crippen LogP contribution in [0.25, 0.3) is 0 Å². The van der Waals surface area contributed by atoms with Gasteiger partial charge in [0.05, 0.1) is 16.8 Å². The van der Waals surface area contributed by atoms with Gasteiger partial charge in [-0.05, 0) is 56.3 Å². The highest BCUT2D eigenvalue weighted by atomic mass is 32.2. The lowest BCUT2D eigenvalue weighted by Gasteiger charge is -2.27. The van der Waals surface area contributed by atoms with Gasteiger partial charge in [-0.3, -0.25) is 9.59 Å². The molecule has 2 heterocycles. The first kappa shape index (κ1) is 20.0. The third kappa shape index (κ3) is 3.66. The van der Waals surface area contributed by atoms with Crippen LogP contribution < -0.4 is 10.2 Å². The molecule has 1 N–H and O–H groups in total. The number of halogens is 2. The zero-order valence-corrected chi connectivity index (χ0v) is 17.0. The maximum absolute atomic E-state index is 13.9. The zero-order chi connectivity index (χ0) is 21.4. The fraction of sp³-hybridized carbons (Fsp3) is 0.136. The van der Waals surface area contributed by atoms with E-state index in [4.69, 9.17) is 0 Å². The first-order chi connectivity index (χ1) is 14.3. The van der Waals surface area contributed by atoms with E-state index in [1.54, 1.807) is 41.4 Å². The van der Waals surface area contributed by atoms with Crippen molar-refractivity contribution in [3.8, 4) is 0 Å². The van der Waals surface area contributed by atoms with Gasteiger partial charge in [0.1, 0.15) is 16.7 Å². The standard InChI is InChI=1S/C22H17F2N3O2S/c1-12(2)27-18-8-6-14(26-20(28)15-7-5-13(23)10-17(15)24)11-19(18)30-21-16(22(27)29)4-3-9-25-21/h3-12H,1-2H3,(H,26,28). The van der Waals surface area contributed by atoms with Crippen LogP contribution in [0, 0.1) is 11.6 Å². The minimum absolute atomic E-state index is 0.100. The van der Waals surface area contributed by atoms with Crippen LogP contribution in [0.3, 0.4) is 0 Å². The fourth-order valence-corrected chi connectivity index (χ4v) is 4.28. The molecule has 1 aliphatic heterocycles. The van der Waals surface area contributed by atoms with Gasteiger partial charge in [0.15, 0.2) is 0 Å². The Kier molecular flexibility index (Phi) is 5.26. The highest BCUT2D eigenvalue weighted by Gasteiger charge is 2.30. The normalized spacial score (nSPS) is 13.0. The molecule has 1 aromatic heterocycles. The summed E-state index contributed by atoms with van der Waals surface area (Å²) < 4.78 is 27.0. The number of amides is 2. The smallest absolute Gasteiger partial charge is 0.261 e. The topological polar surface area (TPSA) is 62.3 Å². The average molecular weight is 425 g/mol. The SMILES string of the molecule is CC(C)N1C(=O)c2cccnc2Sc2cc(NC(=O)c3ccc(F)cc3F)ccc21. The summed E-state index contributed by atoms with van der Waals surface area (Å²) >= 11 is 1.32. The maximum atomic E-state index is 13.9. The molecule has 0 radical (unpaired) electrons. The minimum atomic E-state index is -0.939. The van der Waals surface area contributed by atoms with E-state index in [-0.39, 0.29) is 17.5 Å². The quantitative estimate of drug-likeness (QED) is 0.632. The predicted molar refractivity (Wildman–Crippen MR) is 111 cm³/mol. The number of pyridine rings is 1. The number of carbonyl (C=O) groups excluding carboxylic acids is 2. The number of nitrogens with one attached hydrogen (secondary N) is 1. The van der Waals surface area contributed by atoms with Crippen LogP contribution in [-0.4, -0.2) is 22.8 Å². The molecule has 152 valence electrons. The molecule has 1 aliphatic rings. The van der Waals surface area contributed by atoms with Crippen molar-refractivity contribution in [2.75, 3.05) is 10.2 Å². The number of carbonyl (C=O) groups is 2. The third-order valence-corrected chi connectivity index (χ3v) is 5.66. The van der Waals surface area contributed by atoms with Gasteiger partial charge in [0, 0.05) is 28.9 Å². The highest BCUT2D eigenvalue weighted by Crippen LogP contribution is 2.42. The van der Waals surface area contributed by atoms with Crippen molar-refractivity contribution in [3.05, 3.63) is 77.5 Å². The number of rotatable bonds is 3. The van der Waals surface area contributed by atoms with Crippen molar-refractivity contribution in [2.24, 2.45) is 0 Å². The first-order valence-electron chi connectivity index (χ1n) is 9.22. The van der Waals surface area contributed by atoms with Crippen LogP contribution in [0.15, 0.2) is 64.6 Å². The van der Waals surface area contributed by atoms with E-state index in [0.29, 0.717) is 28.0 Å². The summed E-state index contributed by atoms with van der Waals surface area (Å²) in [5, 5.41) is 3.20. The summed E-state index contributed by atoms with van der Waals surface area (Å²) in [4.78, 5) is 32.3. The highest BCUT2D eigenvalue weighted by molar-refractivity contribution is 7.99. The van der Waals surface area contributed by atoms with Crippen LogP contribution in [-0.2, 0) is 0 Å². The molecule has 2 aromatic carbocycles. The van der Waals surface area contributed by atoms with Gasteiger partial charge in [-0.25, -0.2) is 13.8 Å². The molecule has 2 amide bonds. The van der Waals surface area contributed by atoms with Crippen molar-refractivity contribution >= 4 is 35.0 Å². The molecule has 4 rings (SSSR count). The molecular weight excluding hydrogens is 408 g/mol. The second kappa shape index (κ2) is 7.87. The Morgan fingerprint density at radius 2 is 1.93 bits per heavy atom. The van der Waals surface area contributed by atoms with Crippen LogP contribution in [0.2, 0.25) is 0 Å². The van der Waals surface area contributed by atoms with Crippen molar-refractivity contribution in [3.63, 3.8) is 0 Å². The van der Waals surface area contributed by atoms with E-state index in [0.717, 1.165) is 17.0 Å². The number of aromatic nitrogens is 1. The number of anilines is 2. The van der Waals surface area contributed by atoms with E-state index in [1.165, 1.54) is 11.8 Å². The van der Waals surface area contributed by atoms with E-state index < -0.39 is 17.5 Å². The van der Waals surface area contributed by atoms with E-state index in [2.05, 4.69) is 10.3 Å². The summed E-state index contributed by atoms with van der Waals surface area (Å²) in [6, 6.07) is 11.2. The third-order valence-electron chi connectivity index (χ3n) is 4.60. The number of fused-ring (bicyclic) bond motifs is 2. The predicted octanol–water partition coefficient (Wildman–Crippen LogP) is 5.13. The molecule has 8 heteroatoms. The van der Waals surface area contributed by atoms with Gasteiger partial charge in [-0.1, -0.05) is 11.8 Å². The Labute approximate surface area is 176 Å². The summed E-state index contributed by atoms with van der Waals surface area (Å²) in [5.41, 5.74) is 1.37. The number of benzene rings is 2. The van der Waals surface area contributed by atoms with Gasteiger partial charge in [0.2, 0.25) is 0 Å². The van der Waals surface area contributed by atoms with Gasteiger partial charge < -0.3 is 10.2 Å². The van der Waals surface area contributed by atoms with E-state index >= 15 is 0 Å². The van der Waals surface area contributed by atoms with Gasteiger partial charge >= 0.3 is 0 Å². The van der Waals surface area contributed by atoms with Crippen molar-refractivity contribution in [2.45, 2.75) is 29.8 Å². The molecule has 0 unspecified atom stereocenters. The second-order valence-electron chi connectivity index (χ2n) is 6.99. The first-order valence-corrected chi connectivity index (χ1v) is 10.0. The molecule has 0 saturated heterocycles. The lowest BCUT2D eigenvalue weighted by molar-refractivity contribution is 0.0975. The molecule has 3 aromatic rings. The summed E-state index contributed by atoms with van der Waals surface area (Å²) in [5.74, 6) is -2.53. The summed E-state index contributed by atoms with van der Waals surface area (Å²) in [6.45, 7) is 3.83. The van der Waals surface area contributed by atoms with Crippen LogP contribution in [0.4, 0.5) is 20.2 Å². The Hall–Kier alpha value is -3.26. The van der Waals surface area contributed by atoms with Gasteiger partial charge in [-0.2, -0.15) is 0 Å². The van der Waals surface area contributed by atoms with Gasteiger partial charge in [0.25, 0.3) is 11.8 Å². The summed E-state index contributed by atoms with van der Waals surface area (Å²) in [6.07, 6.45) is 1.62. The van der Waals surface area contributed by atoms with Crippen molar-refractivity contribution in [1.82, 2.24) is 4.98 Å². The Morgan fingerprint density at radius 1 is 1.13 bits per heavy atom. The average Bonchev–Trinajstić information content (AvgIpc) is 2.81. The Bertz CT molecular complexity index is 1170. The molecule has 0 fully saturated rings. The Morgan fingerprint density at radius 3 is 2.67 bits per heavy atom. The molecule has 0 bridgehead atoms. The molecular formula is C22H17F2N3O2S. The van der Waals surface area contributed by atoms with Crippen LogP contribution >= 0.6 is 11.8 Å². The van der Waals surface area contributed by atoms with Crippen molar-refractivity contribution in [1.29, 1.82) is 0 Å². The molecule has 0 aliphatic carbocycles. The van der Waals surface area contributed by atoms with E-state index in [1.807, 2.05) is 13.8 Å². The number of hydrogen-bond donors (Lipinski definition) is 1. The number of hydrogen-bond acceptors (Lipinski definition) is 4. The molecule has 0 saturated carbocycles. The number of nitrogens with zero attached hydrogens (tertiary/aromatic N) is 2. The lowest BCUT2D eigenvalue weighted by atomic mass is 10.1. The van der Waals surface area contributed by atoms with Crippen molar-refractivity contribution < 1.29 is 18.4 Å². The molecule has 30 heavy (non-hydrogen) atoms.